The van der Waals surface area contributed by atoms with Gasteiger partial charge in [-0.25, -0.2) is 0 Å². The monoisotopic (exact) mass is 447 g/mol. The van der Waals surface area contributed by atoms with Crippen LogP contribution in [-0.2, 0) is 11.3 Å². The van der Waals surface area contributed by atoms with Gasteiger partial charge in [-0.15, -0.1) is 10.2 Å². The van der Waals surface area contributed by atoms with Crippen molar-refractivity contribution in [3.63, 3.8) is 0 Å². The van der Waals surface area contributed by atoms with Crippen molar-refractivity contribution in [3.8, 4) is 0 Å². The van der Waals surface area contributed by atoms with E-state index in [1.54, 1.807) is 0 Å². The van der Waals surface area contributed by atoms with Gasteiger partial charge in [-0.3, -0.25) is 4.79 Å². The lowest BCUT2D eigenvalue weighted by Gasteiger charge is -2.19. The van der Waals surface area contributed by atoms with Gasteiger partial charge in [0.2, 0.25) is 5.91 Å². The van der Waals surface area contributed by atoms with Crippen molar-refractivity contribution in [2.45, 2.75) is 50.2 Å². The summed E-state index contributed by atoms with van der Waals surface area (Å²) in [5, 5.41) is 12.8. The molecule has 7 heteroatoms. The summed E-state index contributed by atoms with van der Waals surface area (Å²) in [4.78, 5) is 15.1. The third-order valence-corrected chi connectivity index (χ3v) is 7.13. The molecule has 1 aromatic heterocycles. The maximum atomic E-state index is 12.7. The van der Waals surface area contributed by atoms with Gasteiger partial charge in [0.25, 0.3) is 0 Å². The quantitative estimate of drug-likeness (QED) is 0.501. The van der Waals surface area contributed by atoms with Crippen LogP contribution in [-0.4, -0.2) is 39.5 Å². The molecule has 0 unspecified atom stereocenters. The molecule has 5 rings (SSSR count). The minimum atomic E-state index is -0.0192. The second kappa shape index (κ2) is 9.36. The Bertz CT molecular complexity index is 1090. The number of hydrogen-bond acceptors (Lipinski definition) is 5. The number of carbonyl (C=O) groups excluding carboxylic acids is 1. The summed E-state index contributed by atoms with van der Waals surface area (Å²) in [6.07, 6.45) is 4.85. The van der Waals surface area contributed by atoms with E-state index >= 15 is 0 Å². The number of aryl methyl sites for hydroxylation is 1. The molecule has 0 bridgehead atoms. The zero-order valence-electron chi connectivity index (χ0n) is 18.5. The number of hydrogen-bond donors (Lipinski definition) is 1. The Morgan fingerprint density at radius 1 is 1.09 bits per heavy atom. The average Bonchev–Trinajstić information content (AvgIpc) is 3.34. The van der Waals surface area contributed by atoms with Gasteiger partial charge in [0.15, 0.2) is 5.16 Å². The van der Waals surface area contributed by atoms with Gasteiger partial charge in [-0.2, -0.15) is 0 Å². The van der Waals surface area contributed by atoms with Crippen molar-refractivity contribution in [1.82, 2.24) is 14.8 Å². The molecule has 2 heterocycles. The van der Waals surface area contributed by atoms with Gasteiger partial charge in [-0.1, -0.05) is 42.1 Å². The predicted octanol–water partition coefficient (Wildman–Crippen LogP) is 4.84. The van der Waals surface area contributed by atoms with Crippen LogP contribution in [0.3, 0.4) is 0 Å². The highest BCUT2D eigenvalue weighted by molar-refractivity contribution is 7.99. The van der Waals surface area contributed by atoms with Gasteiger partial charge in [0.1, 0.15) is 5.82 Å². The molecule has 0 atom stereocenters. The molecule has 3 aromatic rings. The SMILES string of the molecule is Cc1cc(N2CCCC2)ccc1NC(=O)CSc1nnc(C2CC2)n1Cc1ccccc1. The summed E-state index contributed by atoms with van der Waals surface area (Å²) in [7, 11) is 0. The molecule has 2 fully saturated rings. The lowest BCUT2D eigenvalue weighted by Crippen LogP contribution is -2.18. The average molecular weight is 448 g/mol. The van der Waals surface area contributed by atoms with Crippen molar-refractivity contribution in [1.29, 1.82) is 0 Å². The molecule has 0 radical (unpaired) electrons. The van der Waals surface area contributed by atoms with E-state index in [4.69, 9.17) is 0 Å². The molecule has 1 amide bonds. The minimum absolute atomic E-state index is 0.0192. The van der Waals surface area contributed by atoms with Crippen LogP contribution in [0.1, 0.15) is 48.6 Å². The van der Waals surface area contributed by atoms with Crippen LogP contribution in [0.15, 0.2) is 53.7 Å². The Morgan fingerprint density at radius 2 is 1.88 bits per heavy atom. The van der Waals surface area contributed by atoms with E-state index in [0.717, 1.165) is 41.9 Å². The summed E-state index contributed by atoms with van der Waals surface area (Å²) in [6.45, 7) is 5.03. The van der Waals surface area contributed by atoms with Gasteiger partial charge in [-0.05, 0) is 61.9 Å². The Morgan fingerprint density at radius 3 is 2.59 bits per heavy atom. The number of amides is 1. The number of thioether (sulfide) groups is 1. The molecular weight excluding hydrogens is 418 g/mol. The molecule has 32 heavy (non-hydrogen) atoms. The molecule has 2 aliphatic rings. The van der Waals surface area contributed by atoms with E-state index < -0.39 is 0 Å². The summed E-state index contributed by atoms with van der Waals surface area (Å²) >= 11 is 1.46. The number of carbonyl (C=O) groups is 1. The predicted molar refractivity (Wildman–Crippen MR) is 130 cm³/mol. The molecule has 0 spiro atoms. The van der Waals surface area contributed by atoms with Crippen LogP contribution in [0.4, 0.5) is 11.4 Å². The Labute approximate surface area is 193 Å². The van der Waals surface area contributed by atoms with Gasteiger partial charge in [0, 0.05) is 30.4 Å². The maximum absolute atomic E-state index is 12.7. The van der Waals surface area contributed by atoms with Crippen LogP contribution < -0.4 is 10.2 Å². The number of anilines is 2. The van der Waals surface area contributed by atoms with Crippen LogP contribution >= 0.6 is 11.8 Å². The Hall–Kier alpha value is -2.80. The molecule has 1 aliphatic carbocycles. The minimum Gasteiger partial charge on any atom is -0.372 e. The largest absolute Gasteiger partial charge is 0.372 e. The van der Waals surface area contributed by atoms with Crippen LogP contribution in [0.25, 0.3) is 0 Å². The number of nitrogens with one attached hydrogen (secondary N) is 1. The highest BCUT2D eigenvalue weighted by Gasteiger charge is 2.30. The van der Waals surface area contributed by atoms with Gasteiger partial charge >= 0.3 is 0 Å². The van der Waals surface area contributed by atoms with Crippen molar-refractivity contribution in [2.75, 3.05) is 29.1 Å². The molecule has 1 aliphatic heterocycles. The standard InChI is InChI=1S/C25H29N5OS/c1-18-15-21(29-13-5-6-14-29)11-12-22(18)26-23(31)17-32-25-28-27-24(20-9-10-20)30(25)16-19-7-3-2-4-8-19/h2-4,7-8,11-12,15,20H,5-6,9-10,13-14,16-17H2,1H3,(H,26,31). The topological polar surface area (TPSA) is 63.1 Å². The van der Waals surface area contributed by atoms with E-state index in [-0.39, 0.29) is 5.91 Å². The second-order valence-electron chi connectivity index (χ2n) is 8.72. The molecule has 1 saturated carbocycles. The van der Waals surface area contributed by atoms with E-state index in [1.807, 2.05) is 24.3 Å². The smallest absolute Gasteiger partial charge is 0.234 e. The Kier molecular flexibility index (Phi) is 6.17. The van der Waals surface area contributed by atoms with Crippen molar-refractivity contribution in [2.24, 2.45) is 0 Å². The third kappa shape index (κ3) is 4.83. The first-order valence-electron chi connectivity index (χ1n) is 11.4. The lowest BCUT2D eigenvalue weighted by atomic mass is 10.1. The maximum Gasteiger partial charge on any atom is 0.234 e. The first kappa shape index (κ1) is 21.1. The number of benzene rings is 2. The molecular formula is C25H29N5OS. The summed E-state index contributed by atoms with van der Waals surface area (Å²) in [6, 6.07) is 16.7. The third-order valence-electron chi connectivity index (χ3n) is 6.16. The van der Waals surface area contributed by atoms with Crippen LogP contribution in [0.2, 0.25) is 0 Å². The summed E-state index contributed by atoms with van der Waals surface area (Å²) in [5.74, 6) is 1.84. The molecule has 1 N–H and O–H groups in total. The van der Waals surface area contributed by atoms with Crippen molar-refractivity contribution < 1.29 is 4.79 Å². The fraction of sp³-hybridized carbons (Fsp3) is 0.400. The van der Waals surface area contributed by atoms with E-state index in [9.17, 15) is 4.79 Å². The van der Waals surface area contributed by atoms with Crippen molar-refractivity contribution in [3.05, 3.63) is 65.5 Å². The summed E-state index contributed by atoms with van der Waals surface area (Å²) < 4.78 is 2.18. The molecule has 6 nitrogen and oxygen atoms in total. The highest BCUT2D eigenvalue weighted by Crippen LogP contribution is 2.40. The van der Waals surface area contributed by atoms with Gasteiger partial charge in [0.05, 0.1) is 12.3 Å². The van der Waals surface area contributed by atoms with E-state index in [0.29, 0.717) is 11.7 Å². The first-order chi connectivity index (χ1) is 15.7. The summed E-state index contributed by atoms with van der Waals surface area (Å²) in [5.41, 5.74) is 4.43. The zero-order valence-corrected chi connectivity index (χ0v) is 19.3. The molecule has 1 saturated heterocycles. The fourth-order valence-corrected chi connectivity index (χ4v) is 4.99. The highest BCUT2D eigenvalue weighted by atomic mass is 32.2. The molecule has 2 aromatic carbocycles. The van der Waals surface area contributed by atoms with Crippen LogP contribution in [0.5, 0.6) is 0 Å². The number of nitrogens with zero attached hydrogens (tertiary/aromatic N) is 4. The van der Waals surface area contributed by atoms with Gasteiger partial charge < -0.3 is 14.8 Å². The van der Waals surface area contributed by atoms with E-state index in [2.05, 4.69) is 56.2 Å². The van der Waals surface area contributed by atoms with E-state index in [1.165, 1.54) is 48.7 Å². The van der Waals surface area contributed by atoms with Crippen molar-refractivity contribution >= 4 is 29.0 Å². The van der Waals surface area contributed by atoms with Crippen LogP contribution in [0, 0.1) is 6.92 Å². The molecule has 166 valence electrons. The fourth-order valence-electron chi connectivity index (χ4n) is 4.24. The first-order valence-corrected chi connectivity index (χ1v) is 12.4. The Balaban J connectivity index is 1.23. The number of aromatic nitrogens is 3. The number of rotatable bonds is 8. The zero-order chi connectivity index (χ0) is 21.9. The second-order valence-corrected chi connectivity index (χ2v) is 9.66. The normalized spacial score (nSPS) is 15.8. The lowest BCUT2D eigenvalue weighted by molar-refractivity contribution is -0.113.